The minimum absolute atomic E-state index is 0.0482. The van der Waals surface area contributed by atoms with Crippen molar-refractivity contribution in [3.05, 3.63) is 41.5 Å². The lowest BCUT2D eigenvalue weighted by Gasteiger charge is -2.37. The normalized spacial score (nSPS) is 19.5. The number of benzene rings is 1. The molecule has 1 aliphatic heterocycles. The number of rotatable bonds is 5. The van der Waals surface area contributed by atoms with Gasteiger partial charge in [-0.15, -0.1) is 0 Å². The average Bonchev–Trinajstić information content (AvgIpc) is 2.58. The van der Waals surface area contributed by atoms with Crippen molar-refractivity contribution in [3.8, 4) is 0 Å². The Hall–Kier alpha value is -2.19. The Labute approximate surface area is 168 Å². The summed E-state index contributed by atoms with van der Waals surface area (Å²) in [5, 5.41) is 3.29. The van der Waals surface area contributed by atoms with Crippen LogP contribution < -0.4 is 10.2 Å². The molecule has 2 heterocycles. The van der Waals surface area contributed by atoms with Gasteiger partial charge < -0.3 is 15.0 Å². The highest BCUT2D eigenvalue weighted by Crippen LogP contribution is 2.26. The van der Waals surface area contributed by atoms with Crippen molar-refractivity contribution in [1.29, 1.82) is 0 Å². The minimum Gasteiger partial charge on any atom is -0.372 e. The number of hydrogen-bond acceptors (Lipinski definition) is 6. The van der Waals surface area contributed by atoms with Gasteiger partial charge in [-0.05, 0) is 52.0 Å². The minimum atomic E-state index is -0.357. The molecule has 1 amide bonds. The van der Waals surface area contributed by atoms with Crippen LogP contribution in [0, 0.1) is 19.7 Å². The summed E-state index contributed by atoms with van der Waals surface area (Å²) in [5.41, 5.74) is 2.68. The highest BCUT2D eigenvalue weighted by Gasteiger charge is 2.24. The Balaban J connectivity index is 1.60. The molecular formula is C20H25FN4O2S. The van der Waals surface area contributed by atoms with E-state index in [0.29, 0.717) is 29.6 Å². The molecule has 0 spiro atoms. The summed E-state index contributed by atoms with van der Waals surface area (Å²) in [6.07, 6.45) is 0.0964. The number of amides is 1. The molecule has 0 radical (unpaired) electrons. The second-order valence-corrected chi connectivity index (χ2v) is 8.04. The summed E-state index contributed by atoms with van der Waals surface area (Å²) < 4.78 is 20.3. The largest absolute Gasteiger partial charge is 0.372 e. The molecule has 1 saturated heterocycles. The number of halogens is 1. The van der Waals surface area contributed by atoms with Crippen LogP contribution in [0.15, 0.2) is 29.4 Å². The molecule has 3 rings (SSSR count). The third kappa shape index (κ3) is 5.42. The molecular weight excluding hydrogens is 379 g/mol. The maximum Gasteiger partial charge on any atom is 0.234 e. The summed E-state index contributed by atoms with van der Waals surface area (Å²) in [6.45, 7) is 9.01. The van der Waals surface area contributed by atoms with Crippen LogP contribution >= 0.6 is 11.8 Å². The van der Waals surface area contributed by atoms with Crippen LogP contribution in [-0.4, -0.2) is 46.9 Å². The first kappa shape index (κ1) is 20.5. The average molecular weight is 405 g/mol. The number of nitrogens with one attached hydrogen (secondary N) is 1. The topological polar surface area (TPSA) is 67.4 Å². The van der Waals surface area contributed by atoms with Crippen molar-refractivity contribution in [2.45, 2.75) is 45.1 Å². The maximum atomic E-state index is 14.6. The quantitative estimate of drug-likeness (QED) is 0.607. The van der Waals surface area contributed by atoms with Gasteiger partial charge in [0, 0.05) is 30.2 Å². The van der Waals surface area contributed by atoms with Gasteiger partial charge in [0.2, 0.25) is 5.91 Å². The van der Waals surface area contributed by atoms with Crippen LogP contribution in [0.4, 0.5) is 15.8 Å². The lowest BCUT2D eigenvalue weighted by Crippen LogP contribution is -2.45. The number of thioether (sulfide) groups is 1. The Morgan fingerprint density at radius 3 is 2.46 bits per heavy atom. The molecule has 28 heavy (non-hydrogen) atoms. The van der Waals surface area contributed by atoms with Crippen LogP contribution in [-0.2, 0) is 9.53 Å². The number of nitrogens with zero attached hydrogens (tertiary/aromatic N) is 3. The van der Waals surface area contributed by atoms with Gasteiger partial charge in [0.1, 0.15) is 5.82 Å². The molecule has 1 aromatic heterocycles. The van der Waals surface area contributed by atoms with E-state index in [4.69, 9.17) is 4.74 Å². The maximum absolute atomic E-state index is 14.6. The molecule has 1 aromatic carbocycles. The monoisotopic (exact) mass is 404 g/mol. The van der Waals surface area contributed by atoms with Gasteiger partial charge >= 0.3 is 0 Å². The van der Waals surface area contributed by atoms with E-state index in [1.165, 1.54) is 17.8 Å². The summed E-state index contributed by atoms with van der Waals surface area (Å²) in [5.74, 6) is -0.428. The van der Waals surface area contributed by atoms with Crippen molar-refractivity contribution in [2.24, 2.45) is 0 Å². The number of carbonyl (C=O) groups is 1. The van der Waals surface area contributed by atoms with Crippen LogP contribution in [0.5, 0.6) is 0 Å². The third-order valence-electron chi connectivity index (χ3n) is 4.29. The summed E-state index contributed by atoms with van der Waals surface area (Å²) in [4.78, 5) is 22.8. The van der Waals surface area contributed by atoms with Crippen LogP contribution in [0.1, 0.15) is 25.2 Å². The van der Waals surface area contributed by atoms with E-state index in [2.05, 4.69) is 15.3 Å². The first-order valence-corrected chi connectivity index (χ1v) is 10.2. The predicted octanol–water partition coefficient (Wildman–Crippen LogP) is 3.58. The Kier molecular flexibility index (Phi) is 6.51. The highest BCUT2D eigenvalue weighted by molar-refractivity contribution is 7.99. The smallest absolute Gasteiger partial charge is 0.234 e. The number of ether oxygens (including phenoxy) is 1. The highest BCUT2D eigenvalue weighted by atomic mass is 32.2. The molecule has 2 aromatic rings. The van der Waals surface area contributed by atoms with Crippen LogP contribution in [0.2, 0.25) is 0 Å². The van der Waals surface area contributed by atoms with Gasteiger partial charge in [-0.2, -0.15) is 0 Å². The van der Waals surface area contributed by atoms with E-state index in [9.17, 15) is 9.18 Å². The van der Waals surface area contributed by atoms with Gasteiger partial charge in [0.15, 0.2) is 5.16 Å². The SMILES string of the molecule is Cc1cc(C)nc(SCC(=O)Nc2ccc(N3CC(C)OC(C)C3)c(F)c2)n1. The number of aromatic nitrogens is 2. The zero-order valence-electron chi connectivity index (χ0n) is 16.5. The van der Waals surface area contributed by atoms with Crippen molar-refractivity contribution in [3.63, 3.8) is 0 Å². The second-order valence-electron chi connectivity index (χ2n) is 7.10. The molecule has 1 N–H and O–H groups in total. The van der Waals surface area contributed by atoms with Crippen molar-refractivity contribution in [2.75, 3.05) is 29.1 Å². The Morgan fingerprint density at radius 2 is 1.86 bits per heavy atom. The molecule has 150 valence electrons. The number of carbonyl (C=O) groups excluding carboxylic acids is 1. The number of morpholine rings is 1. The van der Waals surface area contributed by atoms with E-state index in [1.54, 1.807) is 12.1 Å². The van der Waals surface area contributed by atoms with Crippen molar-refractivity contribution in [1.82, 2.24) is 9.97 Å². The van der Waals surface area contributed by atoms with E-state index >= 15 is 0 Å². The predicted molar refractivity (Wildman–Crippen MR) is 109 cm³/mol. The van der Waals surface area contributed by atoms with Gasteiger partial charge in [-0.1, -0.05) is 11.8 Å². The van der Waals surface area contributed by atoms with E-state index in [-0.39, 0.29) is 29.7 Å². The molecule has 0 saturated carbocycles. The molecule has 0 aliphatic carbocycles. The number of anilines is 2. The zero-order valence-corrected chi connectivity index (χ0v) is 17.3. The summed E-state index contributed by atoms with van der Waals surface area (Å²) in [6, 6.07) is 6.66. The first-order chi connectivity index (χ1) is 13.3. The fraction of sp³-hybridized carbons (Fsp3) is 0.450. The second kappa shape index (κ2) is 8.87. The Bertz CT molecular complexity index is 834. The standard InChI is InChI=1S/C20H25FN4O2S/c1-12-7-13(2)23-20(22-12)28-11-19(26)24-16-5-6-18(17(21)8-16)25-9-14(3)27-15(4)10-25/h5-8,14-15H,9-11H2,1-4H3,(H,24,26). The number of aryl methyl sites for hydroxylation is 2. The molecule has 1 aliphatic rings. The van der Waals surface area contributed by atoms with Crippen molar-refractivity contribution < 1.29 is 13.9 Å². The zero-order chi connectivity index (χ0) is 20.3. The molecule has 6 nitrogen and oxygen atoms in total. The van der Waals surface area contributed by atoms with Gasteiger partial charge in [0.05, 0.1) is 23.6 Å². The first-order valence-electron chi connectivity index (χ1n) is 9.25. The summed E-state index contributed by atoms with van der Waals surface area (Å²) >= 11 is 1.26. The molecule has 1 fully saturated rings. The number of hydrogen-bond donors (Lipinski definition) is 1. The lowest BCUT2D eigenvalue weighted by atomic mass is 10.2. The van der Waals surface area contributed by atoms with Crippen LogP contribution in [0.3, 0.4) is 0 Å². The van der Waals surface area contributed by atoms with E-state index < -0.39 is 0 Å². The summed E-state index contributed by atoms with van der Waals surface area (Å²) in [7, 11) is 0. The van der Waals surface area contributed by atoms with Crippen molar-refractivity contribution >= 4 is 29.0 Å². The molecule has 0 bridgehead atoms. The molecule has 2 unspecified atom stereocenters. The van der Waals surface area contributed by atoms with Gasteiger partial charge in [0.25, 0.3) is 0 Å². The van der Waals surface area contributed by atoms with E-state index in [1.807, 2.05) is 38.7 Å². The third-order valence-corrected chi connectivity index (χ3v) is 5.13. The Morgan fingerprint density at radius 1 is 1.21 bits per heavy atom. The van der Waals surface area contributed by atoms with E-state index in [0.717, 1.165) is 11.4 Å². The molecule has 8 heteroatoms. The van der Waals surface area contributed by atoms with Gasteiger partial charge in [-0.25, -0.2) is 14.4 Å². The van der Waals surface area contributed by atoms with Gasteiger partial charge in [-0.3, -0.25) is 4.79 Å². The van der Waals surface area contributed by atoms with Crippen LogP contribution in [0.25, 0.3) is 0 Å². The molecule has 2 atom stereocenters. The fourth-order valence-corrected chi connectivity index (χ4v) is 4.05. The fourth-order valence-electron chi connectivity index (χ4n) is 3.30. The lowest BCUT2D eigenvalue weighted by molar-refractivity contribution is -0.113.